The standard InChI is InChI=1S/C16H25N3O3.ClH/c1-21-14-4-3-13(11-15(14)22-2)12-16(20)18-7-10-19-8-5-17-6-9-19;/h3-4,11,17H,5-10,12H2,1-2H3,(H,18,20);1H. The first-order valence-electron chi connectivity index (χ1n) is 7.63. The van der Waals surface area contributed by atoms with Crippen LogP contribution in [0.3, 0.4) is 0 Å². The molecule has 1 aromatic carbocycles. The summed E-state index contributed by atoms with van der Waals surface area (Å²) in [6.07, 6.45) is 0.349. The number of methoxy groups -OCH3 is 2. The molecule has 0 bridgehead atoms. The van der Waals surface area contributed by atoms with Gasteiger partial charge in [0, 0.05) is 39.3 Å². The highest BCUT2D eigenvalue weighted by Gasteiger charge is 2.11. The number of nitrogens with one attached hydrogen (secondary N) is 2. The maximum atomic E-state index is 12.0. The minimum atomic E-state index is 0. The van der Waals surface area contributed by atoms with Crippen molar-refractivity contribution in [3.8, 4) is 11.5 Å². The Labute approximate surface area is 143 Å². The molecule has 1 fully saturated rings. The van der Waals surface area contributed by atoms with Crippen molar-refractivity contribution in [3.63, 3.8) is 0 Å². The van der Waals surface area contributed by atoms with Crippen LogP contribution in [0.5, 0.6) is 11.5 Å². The third-order valence-corrected chi connectivity index (χ3v) is 3.77. The second-order valence-corrected chi connectivity index (χ2v) is 5.31. The van der Waals surface area contributed by atoms with Gasteiger partial charge in [0.1, 0.15) is 0 Å². The summed E-state index contributed by atoms with van der Waals surface area (Å²) in [5.41, 5.74) is 0.914. The number of piperazine rings is 1. The third kappa shape index (κ3) is 6.25. The number of rotatable bonds is 7. The second kappa shape index (κ2) is 10.3. The van der Waals surface area contributed by atoms with E-state index in [4.69, 9.17) is 9.47 Å². The molecule has 6 nitrogen and oxygen atoms in total. The zero-order valence-electron chi connectivity index (χ0n) is 13.8. The molecule has 23 heavy (non-hydrogen) atoms. The minimum Gasteiger partial charge on any atom is -0.493 e. The van der Waals surface area contributed by atoms with Crippen LogP contribution in [0.15, 0.2) is 18.2 Å². The average molecular weight is 344 g/mol. The largest absolute Gasteiger partial charge is 0.493 e. The van der Waals surface area contributed by atoms with Crippen LogP contribution in [0, 0.1) is 0 Å². The molecule has 1 amide bonds. The van der Waals surface area contributed by atoms with Crippen LogP contribution in [0.4, 0.5) is 0 Å². The summed E-state index contributed by atoms with van der Waals surface area (Å²) in [4.78, 5) is 14.3. The lowest BCUT2D eigenvalue weighted by Crippen LogP contribution is -2.46. The fraction of sp³-hybridized carbons (Fsp3) is 0.562. The number of amides is 1. The van der Waals surface area contributed by atoms with E-state index in [0.29, 0.717) is 24.5 Å². The van der Waals surface area contributed by atoms with E-state index in [0.717, 1.165) is 38.3 Å². The van der Waals surface area contributed by atoms with E-state index in [9.17, 15) is 4.79 Å². The molecule has 1 aromatic rings. The van der Waals surface area contributed by atoms with Gasteiger partial charge in [0.2, 0.25) is 5.91 Å². The SMILES string of the molecule is COc1ccc(CC(=O)NCCN2CCNCC2)cc1OC.Cl. The number of benzene rings is 1. The molecular formula is C16H26ClN3O3. The molecule has 0 saturated carbocycles. The van der Waals surface area contributed by atoms with E-state index < -0.39 is 0 Å². The fourth-order valence-corrected chi connectivity index (χ4v) is 2.53. The second-order valence-electron chi connectivity index (χ2n) is 5.31. The maximum Gasteiger partial charge on any atom is 0.224 e. The van der Waals surface area contributed by atoms with Gasteiger partial charge in [-0.3, -0.25) is 9.69 Å². The van der Waals surface area contributed by atoms with E-state index >= 15 is 0 Å². The van der Waals surface area contributed by atoms with E-state index in [1.807, 2.05) is 18.2 Å². The van der Waals surface area contributed by atoms with E-state index in [1.54, 1.807) is 14.2 Å². The monoisotopic (exact) mass is 343 g/mol. The quantitative estimate of drug-likeness (QED) is 0.762. The number of carbonyl (C=O) groups excluding carboxylic acids is 1. The Bertz CT molecular complexity index is 493. The first-order valence-corrected chi connectivity index (χ1v) is 7.63. The van der Waals surface area contributed by atoms with Gasteiger partial charge >= 0.3 is 0 Å². The Morgan fingerprint density at radius 1 is 1.22 bits per heavy atom. The van der Waals surface area contributed by atoms with Crippen LogP contribution >= 0.6 is 12.4 Å². The van der Waals surface area contributed by atoms with Gasteiger partial charge in [-0.05, 0) is 17.7 Å². The van der Waals surface area contributed by atoms with Crippen molar-refractivity contribution < 1.29 is 14.3 Å². The van der Waals surface area contributed by atoms with Crippen molar-refractivity contribution in [1.82, 2.24) is 15.5 Å². The summed E-state index contributed by atoms with van der Waals surface area (Å²) >= 11 is 0. The number of hydrogen-bond acceptors (Lipinski definition) is 5. The molecule has 1 aliphatic rings. The van der Waals surface area contributed by atoms with Gasteiger partial charge in [0.25, 0.3) is 0 Å². The summed E-state index contributed by atoms with van der Waals surface area (Å²) < 4.78 is 10.4. The van der Waals surface area contributed by atoms with Crippen molar-refractivity contribution in [1.29, 1.82) is 0 Å². The summed E-state index contributed by atoms with van der Waals surface area (Å²) in [6.45, 7) is 5.74. The maximum absolute atomic E-state index is 12.0. The van der Waals surface area contributed by atoms with Crippen LogP contribution in [0.1, 0.15) is 5.56 Å². The summed E-state index contributed by atoms with van der Waals surface area (Å²) in [7, 11) is 3.19. The molecule has 1 aliphatic heterocycles. The lowest BCUT2D eigenvalue weighted by Gasteiger charge is -2.27. The number of carbonyl (C=O) groups is 1. The summed E-state index contributed by atoms with van der Waals surface area (Å²) in [6, 6.07) is 5.55. The molecule has 0 unspecified atom stereocenters. The Hall–Kier alpha value is -1.50. The normalized spacial score (nSPS) is 14.7. The molecule has 0 atom stereocenters. The molecule has 2 N–H and O–H groups in total. The van der Waals surface area contributed by atoms with E-state index in [2.05, 4.69) is 15.5 Å². The van der Waals surface area contributed by atoms with Crippen molar-refractivity contribution in [3.05, 3.63) is 23.8 Å². The number of nitrogens with zero attached hydrogens (tertiary/aromatic N) is 1. The van der Waals surface area contributed by atoms with Gasteiger partial charge in [-0.25, -0.2) is 0 Å². The van der Waals surface area contributed by atoms with Crippen LogP contribution in [-0.4, -0.2) is 64.3 Å². The van der Waals surface area contributed by atoms with Gasteiger partial charge in [-0.2, -0.15) is 0 Å². The van der Waals surface area contributed by atoms with Gasteiger partial charge in [0.15, 0.2) is 11.5 Å². The van der Waals surface area contributed by atoms with E-state index in [1.165, 1.54) is 0 Å². The first-order chi connectivity index (χ1) is 10.7. The predicted molar refractivity (Wildman–Crippen MR) is 92.8 cm³/mol. The molecule has 1 heterocycles. The molecule has 7 heteroatoms. The van der Waals surface area contributed by atoms with Gasteiger partial charge in [-0.15, -0.1) is 12.4 Å². The lowest BCUT2D eigenvalue weighted by atomic mass is 10.1. The van der Waals surface area contributed by atoms with Gasteiger partial charge in [-0.1, -0.05) is 6.07 Å². The molecule has 0 aromatic heterocycles. The third-order valence-electron chi connectivity index (χ3n) is 3.77. The van der Waals surface area contributed by atoms with Crippen molar-refractivity contribution in [2.45, 2.75) is 6.42 Å². The smallest absolute Gasteiger partial charge is 0.224 e. The zero-order valence-corrected chi connectivity index (χ0v) is 14.6. The molecular weight excluding hydrogens is 318 g/mol. The molecule has 0 aliphatic carbocycles. The molecule has 2 rings (SSSR count). The van der Waals surface area contributed by atoms with Crippen LogP contribution in [0.2, 0.25) is 0 Å². The fourth-order valence-electron chi connectivity index (χ4n) is 2.53. The topological polar surface area (TPSA) is 62.8 Å². The Balaban J connectivity index is 0.00000264. The lowest BCUT2D eigenvalue weighted by molar-refractivity contribution is -0.120. The van der Waals surface area contributed by atoms with Crippen LogP contribution in [0.25, 0.3) is 0 Å². The molecule has 130 valence electrons. The molecule has 0 radical (unpaired) electrons. The highest BCUT2D eigenvalue weighted by atomic mass is 35.5. The van der Waals surface area contributed by atoms with Crippen LogP contribution < -0.4 is 20.1 Å². The highest BCUT2D eigenvalue weighted by molar-refractivity contribution is 5.85. The summed E-state index contributed by atoms with van der Waals surface area (Å²) in [5.74, 6) is 1.35. The number of hydrogen-bond donors (Lipinski definition) is 2. The minimum absolute atomic E-state index is 0. The predicted octanol–water partition coefficient (Wildman–Crippen LogP) is 0.690. The highest BCUT2D eigenvalue weighted by Crippen LogP contribution is 2.27. The average Bonchev–Trinajstić information content (AvgIpc) is 2.55. The van der Waals surface area contributed by atoms with Crippen LogP contribution in [-0.2, 0) is 11.2 Å². The number of ether oxygens (including phenoxy) is 2. The van der Waals surface area contributed by atoms with Gasteiger partial charge < -0.3 is 20.1 Å². The van der Waals surface area contributed by atoms with E-state index in [-0.39, 0.29) is 18.3 Å². The molecule has 1 saturated heterocycles. The van der Waals surface area contributed by atoms with Crippen molar-refractivity contribution in [2.24, 2.45) is 0 Å². The zero-order chi connectivity index (χ0) is 15.8. The molecule has 0 spiro atoms. The number of halogens is 1. The van der Waals surface area contributed by atoms with Crippen molar-refractivity contribution in [2.75, 3.05) is 53.5 Å². The Morgan fingerprint density at radius 2 is 1.91 bits per heavy atom. The van der Waals surface area contributed by atoms with Gasteiger partial charge in [0.05, 0.1) is 20.6 Å². The first kappa shape index (κ1) is 19.5. The Kier molecular flexibility index (Phi) is 8.76. The Morgan fingerprint density at radius 3 is 2.57 bits per heavy atom. The summed E-state index contributed by atoms with van der Waals surface area (Å²) in [5, 5.41) is 6.29. The van der Waals surface area contributed by atoms with Crippen molar-refractivity contribution >= 4 is 18.3 Å².